The molecule has 0 aliphatic rings. The molecule has 1 unspecified atom stereocenters. The van der Waals surface area contributed by atoms with Gasteiger partial charge < -0.3 is 10.6 Å². The number of anilines is 1. The van der Waals surface area contributed by atoms with E-state index in [1.54, 1.807) is 0 Å². The van der Waals surface area contributed by atoms with Crippen molar-refractivity contribution in [3.05, 3.63) is 41.5 Å². The lowest BCUT2D eigenvalue weighted by molar-refractivity contribution is -0.122. The van der Waals surface area contributed by atoms with E-state index in [4.69, 9.17) is 0 Å². The third-order valence-corrected chi connectivity index (χ3v) is 4.14. The summed E-state index contributed by atoms with van der Waals surface area (Å²) in [6.45, 7) is 9.55. The Morgan fingerprint density at radius 1 is 1.31 bits per heavy atom. The van der Waals surface area contributed by atoms with Gasteiger partial charge in [-0.25, -0.2) is 4.98 Å². The van der Waals surface area contributed by atoms with E-state index in [0.29, 0.717) is 11.2 Å². The molecule has 0 fully saturated rings. The van der Waals surface area contributed by atoms with Crippen molar-refractivity contribution >= 4 is 28.4 Å². The Morgan fingerprint density at radius 2 is 2.00 bits per heavy atom. The van der Waals surface area contributed by atoms with Crippen LogP contribution in [0.1, 0.15) is 38.8 Å². The van der Waals surface area contributed by atoms with Crippen LogP contribution < -0.4 is 10.6 Å². The van der Waals surface area contributed by atoms with E-state index in [2.05, 4.69) is 21.7 Å². The van der Waals surface area contributed by atoms with E-state index in [9.17, 15) is 10.1 Å². The summed E-state index contributed by atoms with van der Waals surface area (Å²) >= 11 is 0. The molecule has 2 aromatic heterocycles. The van der Waals surface area contributed by atoms with Gasteiger partial charge in [-0.3, -0.25) is 9.20 Å². The van der Waals surface area contributed by atoms with Gasteiger partial charge in [0.05, 0.1) is 16.6 Å². The van der Waals surface area contributed by atoms with Crippen LogP contribution in [-0.2, 0) is 4.79 Å². The van der Waals surface area contributed by atoms with Crippen molar-refractivity contribution in [1.82, 2.24) is 14.7 Å². The molecule has 0 bridgehead atoms. The van der Waals surface area contributed by atoms with Crippen LogP contribution in [0, 0.1) is 18.3 Å². The Kier molecular flexibility index (Phi) is 4.33. The highest BCUT2D eigenvalue weighted by Gasteiger charge is 2.21. The van der Waals surface area contributed by atoms with Gasteiger partial charge in [0, 0.05) is 5.54 Å². The number of para-hydroxylation sites is 2. The first-order valence-corrected chi connectivity index (χ1v) is 8.61. The molecule has 0 saturated carbocycles. The molecule has 0 aliphatic heterocycles. The quantitative estimate of drug-likeness (QED) is 0.759. The molecule has 1 atom stereocenters. The number of hydrogen-bond donors (Lipinski definition) is 2. The molecule has 2 N–H and O–H groups in total. The standard InChI is InChI=1S/C20H23N5O/c1-12-10-17(22-13(2)19(26)24-20(3,4)5)25-16-9-7-6-8-15(16)23-18(25)14(12)11-21/h6-10,13,22H,1-5H3,(H,24,26). The highest BCUT2D eigenvalue weighted by Crippen LogP contribution is 2.26. The first-order chi connectivity index (χ1) is 12.2. The summed E-state index contributed by atoms with van der Waals surface area (Å²) in [5.74, 6) is 0.652. The zero-order chi connectivity index (χ0) is 19.1. The Balaban J connectivity index is 2.11. The second kappa shape index (κ2) is 6.34. The van der Waals surface area contributed by atoms with Crippen LogP contribution in [0.25, 0.3) is 16.7 Å². The van der Waals surface area contributed by atoms with Gasteiger partial charge in [-0.1, -0.05) is 12.1 Å². The summed E-state index contributed by atoms with van der Waals surface area (Å²) in [5, 5.41) is 15.8. The Labute approximate surface area is 152 Å². The lowest BCUT2D eigenvalue weighted by atomic mass is 10.1. The van der Waals surface area contributed by atoms with Crippen LogP contribution in [-0.4, -0.2) is 26.9 Å². The lowest BCUT2D eigenvalue weighted by Crippen LogP contribution is -2.47. The molecule has 6 heteroatoms. The minimum absolute atomic E-state index is 0.0860. The molecule has 0 radical (unpaired) electrons. The number of nitrogens with zero attached hydrogens (tertiary/aromatic N) is 3. The van der Waals surface area contributed by atoms with Gasteiger partial charge in [0.15, 0.2) is 5.65 Å². The average Bonchev–Trinajstić information content (AvgIpc) is 2.92. The molecule has 1 aromatic carbocycles. The molecular formula is C20H23N5O. The fraction of sp³-hybridized carbons (Fsp3) is 0.350. The maximum absolute atomic E-state index is 12.5. The van der Waals surface area contributed by atoms with E-state index in [1.165, 1.54) is 0 Å². The fourth-order valence-corrected chi connectivity index (χ4v) is 2.97. The maximum Gasteiger partial charge on any atom is 0.242 e. The summed E-state index contributed by atoms with van der Waals surface area (Å²) in [6, 6.07) is 11.4. The van der Waals surface area contributed by atoms with Crippen molar-refractivity contribution in [2.75, 3.05) is 5.32 Å². The van der Waals surface area contributed by atoms with Crippen LogP contribution in [0.4, 0.5) is 5.82 Å². The maximum atomic E-state index is 12.5. The summed E-state index contributed by atoms with van der Waals surface area (Å²) in [5.41, 5.74) is 3.36. The number of hydrogen-bond acceptors (Lipinski definition) is 4. The largest absolute Gasteiger partial charge is 0.360 e. The predicted octanol–water partition coefficient (Wildman–Crippen LogP) is 3.38. The van der Waals surface area contributed by atoms with Crippen molar-refractivity contribution in [3.8, 4) is 6.07 Å². The van der Waals surface area contributed by atoms with Gasteiger partial charge in [-0.15, -0.1) is 0 Å². The summed E-state index contributed by atoms with van der Waals surface area (Å²) in [7, 11) is 0. The monoisotopic (exact) mass is 349 g/mol. The van der Waals surface area contributed by atoms with Crippen molar-refractivity contribution < 1.29 is 4.79 Å². The molecule has 0 spiro atoms. The number of imidazole rings is 1. The number of pyridine rings is 1. The van der Waals surface area contributed by atoms with Crippen molar-refractivity contribution in [1.29, 1.82) is 5.26 Å². The Bertz CT molecular complexity index is 1040. The summed E-state index contributed by atoms with van der Waals surface area (Å²) in [4.78, 5) is 17.1. The Morgan fingerprint density at radius 3 is 2.65 bits per heavy atom. The average molecular weight is 349 g/mol. The highest BCUT2D eigenvalue weighted by molar-refractivity contribution is 5.87. The van der Waals surface area contributed by atoms with E-state index in [1.807, 2.05) is 69.4 Å². The van der Waals surface area contributed by atoms with Gasteiger partial charge >= 0.3 is 0 Å². The normalized spacial score (nSPS) is 12.8. The fourth-order valence-electron chi connectivity index (χ4n) is 2.97. The molecule has 0 aliphatic carbocycles. The van der Waals surface area contributed by atoms with E-state index >= 15 is 0 Å². The summed E-state index contributed by atoms with van der Waals surface area (Å²) < 4.78 is 1.90. The molecule has 0 saturated heterocycles. The molecule has 1 amide bonds. The third-order valence-electron chi connectivity index (χ3n) is 4.14. The molecule has 3 rings (SSSR count). The van der Waals surface area contributed by atoms with Gasteiger partial charge in [0.2, 0.25) is 5.91 Å². The predicted molar refractivity (Wildman–Crippen MR) is 103 cm³/mol. The first kappa shape index (κ1) is 17.7. The topological polar surface area (TPSA) is 82.2 Å². The second-order valence-corrected chi connectivity index (χ2v) is 7.56. The van der Waals surface area contributed by atoms with Gasteiger partial charge in [0.25, 0.3) is 0 Å². The number of rotatable bonds is 3. The van der Waals surface area contributed by atoms with Crippen LogP contribution in [0.15, 0.2) is 30.3 Å². The SMILES string of the molecule is Cc1cc(NC(C)C(=O)NC(C)(C)C)n2c(nc3ccccc32)c1C#N. The van der Waals surface area contributed by atoms with Crippen molar-refractivity contribution in [2.45, 2.75) is 46.2 Å². The van der Waals surface area contributed by atoms with E-state index < -0.39 is 6.04 Å². The smallest absolute Gasteiger partial charge is 0.242 e. The second-order valence-electron chi connectivity index (χ2n) is 7.56. The number of amides is 1. The van der Waals surface area contributed by atoms with Gasteiger partial charge in [0.1, 0.15) is 17.9 Å². The lowest BCUT2D eigenvalue weighted by Gasteiger charge is -2.24. The van der Waals surface area contributed by atoms with Gasteiger partial charge in [-0.05, 0) is 58.4 Å². The van der Waals surface area contributed by atoms with Gasteiger partial charge in [-0.2, -0.15) is 5.26 Å². The van der Waals surface area contributed by atoms with E-state index in [0.717, 1.165) is 22.4 Å². The zero-order valence-corrected chi connectivity index (χ0v) is 15.7. The van der Waals surface area contributed by atoms with Crippen LogP contribution >= 0.6 is 0 Å². The number of nitrogens with one attached hydrogen (secondary N) is 2. The minimum atomic E-state index is -0.439. The van der Waals surface area contributed by atoms with Crippen LogP contribution in [0.3, 0.4) is 0 Å². The van der Waals surface area contributed by atoms with Crippen molar-refractivity contribution in [3.63, 3.8) is 0 Å². The number of carbonyl (C=O) groups excluding carboxylic acids is 1. The van der Waals surface area contributed by atoms with Crippen molar-refractivity contribution in [2.24, 2.45) is 0 Å². The Hall–Kier alpha value is -3.07. The third kappa shape index (κ3) is 3.21. The van der Waals surface area contributed by atoms with E-state index in [-0.39, 0.29) is 11.4 Å². The first-order valence-electron chi connectivity index (χ1n) is 8.61. The number of nitriles is 1. The molecule has 26 heavy (non-hydrogen) atoms. The highest BCUT2D eigenvalue weighted by atomic mass is 16.2. The number of fused-ring (bicyclic) bond motifs is 3. The number of carbonyl (C=O) groups is 1. The number of aryl methyl sites for hydroxylation is 1. The van der Waals surface area contributed by atoms with Crippen LogP contribution in [0.5, 0.6) is 0 Å². The number of benzene rings is 1. The minimum Gasteiger partial charge on any atom is -0.360 e. The number of aromatic nitrogens is 2. The molecule has 2 heterocycles. The van der Waals surface area contributed by atoms with Crippen LogP contribution in [0.2, 0.25) is 0 Å². The zero-order valence-electron chi connectivity index (χ0n) is 15.7. The molecule has 6 nitrogen and oxygen atoms in total. The molecule has 3 aromatic rings. The molecule has 134 valence electrons. The summed E-state index contributed by atoms with van der Waals surface area (Å²) in [6.07, 6.45) is 0. The molecular weight excluding hydrogens is 326 g/mol.